The van der Waals surface area contributed by atoms with E-state index in [0.29, 0.717) is 29.7 Å². The summed E-state index contributed by atoms with van der Waals surface area (Å²) in [7, 11) is 0. The maximum absolute atomic E-state index is 12.6. The van der Waals surface area contributed by atoms with Crippen molar-refractivity contribution in [3.05, 3.63) is 29.5 Å². The Balaban J connectivity index is 1.43. The van der Waals surface area contributed by atoms with E-state index < -0.39 is 5.97 Å². The summed E-state index contributed by atoms with van der Waals surface area (Å²) >= 11 is 0. The van der Waals surface area contributed by atoms with Crippen LogP contribution in [0.4, 0.5) is 0 Å². The first-order valence-corrected chi connectivity index (χ1v) is 10.9. The Hall–Kier alpha value is -2.63. The highest BCUT2D eigenvalue weighted by atomic mass is 16.6. The Morgan fingerprint density at radius 1 is 1.17 bits per heavy atom. The molecule has 0 saturated heterocycles. The van der Waals surface area contributed by atoms with Crippen molar-refractivity contribution in [2.45, 2.75) is 52.4 Å². The second kappa shape index (κ2) is 7.25. The van der Waals surface area contributed by atoms with Crippen molar-refractivity contribution in [2.75, 3.05) is 6.61 Å². The van der Waals surface area contributed by atoms with E-state index in [-0.39, 0.29) is 11.4 Å². The molecule has 4 saturated carbocycles. The van der Waals surface area contributed by atoms with Crippen LogP contribution in [0.25, 0.3) is 6.08 Å². The molecule has 0 spiro atoms. The van der Waals surface area contributed by atoms with Crippen LogP contribution in [0.2, 0.25) is 0 Å². The first kappa shape index (κ1) is 19.3. The van der Waals surface area contributed by atoms with E-state index in [1.165, 1.54) is 26.2 Å². The number of aliphatic imine (C=N–C) groups is 1. The highest BCUT2D eigenvalue weighted by Gasteiger charge is 2.55. The van der Waals surface area contributed by atoms with Gasteiger partial charge in [-0.15, -0.1) is 0 Å². The summed E-state index contributed by atoms with van der Waals surface area (Å²) in [5.41, 5.74) is 1.02. The molecule has 4 fully saturated rings. The molecule has 0 aromatic heterocycles. The summed E-state index contributed by atoms with van der Waals surface area (Å²) in [5.74, 6) is 2.93. The highest BCUT2D eigenvalue weighted by Crippen LogP contribution is 2.61. The molecule has 0 amide bonds. The van der Waals surface area contributed by atoms with Crippen molar-refractivity contribution in [2.24, 2.45) is 28.2 Å². The zero-order valence-corrected chi connectivity index (χ0v) is 17.5. The van der Waals surface area contributed by atoms with Crippen LogP contribution in [0.1, 0.15) is 57.9 Å². The molecular formula is C24H27NO5. The van der Waals surface area contributed by atoms with Crippen LogP contribution >= 0.6 is 0 Å². The molecule has 5 aliphatic rings. The maximum atomic E-state index is 12.6. The molecule has 4 aliphatic carbocycles. The van der Waals surface area contributed by atoms with Gasteiger partial charge >= 0.3 is 11.9 Å². The van der Waals surface area contributed by atoms with Crippen molar-refractivity contribution < 1.29 is 23.8 Å². The summed E-state index contributed by atoms with van der Waals surface area (Å²) in [6.07, 6.45) is 9.02. The van der Waals surface area contributed by atoms with Crippen LogP contribution in [-0.2, 0) is 14.3 Å². The molecule has 30 heavy (non-hydrogen) atoms. The molecule has 158 valence electrons. The number of carbonyl (C=O) groups is 2. The SMILES string of the molecule is CCOc1cc(/C=C2/N=C(C34CC5CC(CC(C5)C3)C4)OC2=O)ccc1OC(C)=O. The van der Waals surface area contributed by atoms with Gasteiger partial charge in [-0.1, -0.05) is 6.07 Å². The molecular weight excluding hydrogens is 382 g/mol. The molecule has 6 nitrogen and oxygen atoms in total. The highest BCUT2D eigenvalue weighted by molar-refractivity contribution is 6.09. The lowest BCUT2D eigenvalue weighted by Gasteiger charge is -2.55. The fraction of sp³-hybridized carbons (Fsp3) is 0.542. The number of benzene rings is 1. The normalized spacial score (nSPS) is 32.9. The van der Waals surface area contributed by atoms with Crippen molar-refractivity contribution >= 4 is 23.9 Å². The summed E-state index contributed by atoms with van der Waals surface area (Å²) in [6, 6.07) is 5.20. The largest absolute Gasteiger partial charge is 0.490 e. The van der Waals surface area contributed by atoms with E-state index in [2.05, 4.69) is 4.99 Å². The zero-order valence-electron chi connectivity index (χ0n) is 17.5. The molecule has 0 atom stereocenters. The lowest BCUT2D eigenvalue weighted by molar-refractivity contribution is -0.132. The Labute approximate surface area is 176 Å². The van der Waals surface area contributed by atoms with E-state index in [1.54, 1.807) is 24.3 Å². The lowest BCUT2D eigenvalue weighted by Crippen LogP contribution is -2.50. The van der Waals surface area contributed by atoms with Gasteiger partial charge in [-0.25, -0.2) is 9.79 Å². The van der Waals surface area contributed by atoms with Crippen molar-refractivity contribution in [3.8, 4) is 11.5 Å². The van der Waals surface area contributed by atoms with Crippen LogP contribution in [0.5, 0.6) is 11.5 Å². The van der Waals surface area contributed by atoms with E-state index in [0.717, 1.165) is 42.6 Å². The molecule has 6 heteroatoms. The number of carbonyl (C=O) groups excluding carboxylic acids is 2. The third-order valence-corrected chi connectivity index (χ3v) is 6.94. The van der Waals surface area contributed by atoms with Crippen LogP contribution in [0.15, 0.2) is 28.9 Å². The third kappa shape index (κ3) is 3.42. The van der Waals surface area contributed by atoms with E-state index in [9.17, 15) is 9.59 Å². The fourth-order valence-corrected chi connectivity index (χ4v) is 6.29. The van der Waals surface area contributed by atoms with Crippen LogP contribution in [0, 0.1) is 23.2 Å². The van der Waals surface area contributed by atoms with Crippen LogP contribution in [-0.4, -0.2) is 24.4 Å². The minimum absolute atomic E-state index is 0.0460. The number of nitrogens with zero attached hydrogens (tertiary/aromatic N) is 1. The Kier molecular flexibility index (Phi) is 4.68. The number of cyclic esters (lactones) is 1. The quantitative estimate of drug-likeness (QED) is 0.406. The standard InChI is InChI=1S/C24H27NO5/c1-3-28-21-10-15(4-5-20(21)29-14(2)26)9-19-22(27)30-23(25-19)24-11-16-6-17(12-24)8-18(7-16)13-24/h4-5,9-10,16-18H,3,6-8,11-13H2,1-2H3/b19-9+. The summed E-state index contributed by atoms with van der Waals surface area (Å²) in [5, 5.41) is 0. The molecule has 1 aliphatic heterocycles. The average molecular weight is 409 g/mol. The Bertz CT molecular complexity index is 925. The molecule has 1 aromatic rings. The first-order chi connectivity index (χ1) is 14.4. The monoisotopic (exact) mass is 409 g/mol. The smallest absolute Gasteiger partial charge is 0.363 e. The molecule has 0 N–H and O–H groups in total. The number of hydrogen-bond acceptors (Lipinski definition) is 6. The Morgan fingerprint density at radius 3 is 2.43 bits per heavy atom. The summed E-state index contributed by atoms with van der Waals surface area (Å²) < 4.78 is 16.5. The average Bonchev–Trinajstić information content (AvgIpc) is 3.04. The summed E-state index contributed by atoms with van der Waals surface area (Å²) in [4.78, 5) is 28.6. The van der Waals surface area contributed by atoms with Gasteiger partial charge in [0.1, 0.15) is 0 Å². The van der Waals surface area contributed by atoms with Gasteiger partial charge in [0.2, 0.25) is 5.90 Å². The van der Waals surface area contributed by atoms with Gasteiger partial charge in [-0.05, 0) is 87.0 Å². The second-order valence-electron chi connectivity index (χ2n) is 9.27. The lowest BCUT2D eigenvalue weighted by atomic mass is 9.49. The zero-order chi connectivity index (χ0) is 20.9. The maximum Gasteiger partial charge on any atom is 0.363 e. The van der Waals surface area contributed by atoms with Gasteiger partial charge in [0.05, 0.1) is 6.61 Å². The van der Waals surface area contributed by atoms with Gasteiger partial charge < -0.3 is 14.2 Å². The van der Waals surface area contributed by atoms with Gasteiger partial charge in [0.15, 0.2) is 17.2 Å². The number of rotatable bonds is 5. The van der Waals surface area contributed by atoms with Crippen molar-refractivity contribution in [3.63, 3.8) is 0 Å². The molecule has 1 heterocycles. The predicted octanol–water partition coefficient (Wildman–Crippen LogP) is 4.52. The topological polar surface area (TPSA) is 74.2 Å². The number of esters is 2. The minimum atomic E-state index is -0.411. The van der Waals surface area contributed by atoms with E-state index >= 15 is 0 Å². The van der Waals surface area contributed by atoms with E-state index in [1.807, 2.05) is 6.92 Å². The van der Waals surface area contributed by atoms with E-state index in [4.69, 9.17) is 14.2 Å². The second-order valence-corrected chi connectivity index (χ2v) is 9.27. The van der Waals surface area contributed by atoms with Crippen LogP contribution < -0.4 is 9.47 Å². The molecule has 0 radical (unpaired) electrons. The number of hydrogen-bond donors (Lipinski definition) is 0. The first-order valence-electron chi connectivity index (χ1n) is 10.9. The van der Waals surface area contributed by atoms with Gasteiger partial charge in [-0.2, -0.15) is 0 Å². The van der Waals surface area contributed by atoms with Crippen molar-refractivity contribution in [1.82, 2.24) is 0 Å². The Morgan fingerprint density at radius 2 is 1.83 bits per heavy atom. The molecule has 4 bridgehead atoms. The van der Waals surface area contributed by atoms with Crippen LogP contribution in [0.3, 0.4) is 0 Å². The molecule has 1 aromatic carbocycles. The van der Waals surface area contributed by atoms with Gasteiger partial charge in [-0.3, -0.25) is 4.79 Å². The van der Waals surface area contributed by atoms with Gasteiger partial charge in [0.25, 0.3) is 0 Å². The number of ether oxygens (including phenoxy) is 3. The van der Waals surface area contributed by atoms with Gasteiger partial charge in [0, 0.05) is 12.3 Å². The minimum Gasteiger partial charge on any atom is -0.490 e. The van der Waals surface area contributed by atoms with Crippen molar-refractivity contribution in [1.29, 1.82) is 0 Å². The summed E-state index contributed by atoms with van der Waals surface area (Å²) in [6.45, 7) is 3.64. The third-order valence-electron chi connectivity index (χ3n) is 6.94. The molecule has 6 rings (SSSR count). The predicted molar refractivity (Wildman–Crippen MR) is 111 cm³/mol. The fourth-order valence-electron chi connectivity index (χ4n) is 6.29. The molecule has 0 unspecified atom stereocenters.